The van der Waals surface area contributed by atoms with Crippen LogP contribution in [0.4, 0.5) is 19.0 Å². The quantitative estimate of drug-likeness (QED) is 0.650. The van der Waals surface area contributed by atoms with E-state index in [-0.39, 0.29) is 6.04 Å². The van der Waals surface area contributed by atoms with Crippen molar-refractivity contribution in [3.8, 4) is 5.88 Å². The van der Waals surface area contributed by atoms with E-state index in [0.29, 0.717) is 16.6 Å². The van der Waals surface area contributed by atoms with Gasteiger partial charge in [-0.15, -0.1) is 0 Å². The van der Waals surface area contributed by atoms with Gasteiger partial charge in [0.2, 0.25) is 5.88 Å². The molecular weight excluding hydrogens is 359 g/mol. The molecule has 25 heavy (non-hydrogen) atoms. The van der Waals surface area contributed by atoms with Gasteiger partial charge in [-0.2, -0.15) is 21.6 Å². The lowest BCUT2D eigenvalue weighted by Crippen LogP contribution is -2.28. The van der Waals surface area contributed by atoms with Crippen LogP contribution in [0, 0.1) is 0 Å². The highest BCUT2D eigenvalue weighted by atomic mass is 32.2. The number of pyridine rings is 2. The Bertz CT molecular complexity index is 865. The van der Waals surface area contributed by atoms with Gasteiger partial charge in [0, 0.05) is 35.3 Å². The van der Waals surface area contributed by atoms with Gasteiger partial charge in [0.15, 0.2) is 0 Å². The molecule has 1 saturated carbocycles. The summed E-state index contributed by atoms with van der Waals surface area (Å²) in [5.74, 6) is -0.175. The Labute approximate surface area is 142 Å². The summed E-state index contributed by atoms with van der Waals surface area (Å²) in [6, 6.07) is 3.01. The molecule has 2 aromatic rings. The minimum atomic E-state index is -5.76. The predicted molar refractivity (Wildman–Crippen MR) is 85.6 cm³/mol. The van der Waals surface area contributed by atoms with Crippen molar-refractivity contribution < 1.29 is 25.8 Å². The van der Waals surface area contributed by atoms with Crippen LogP contribution in [0.5, 0.6) is 5.88 Å². The highest BCUT2D eigenvalue weighted by Gasteiger charge is 2.48. The molecule has 10 heteroatoms. The number of anilines is 1. The van der Waals surface area contributed by atoms with Crippen LogP contribution in [0.15, 0.2) is 24.5 Å². The first-order valence-electron chi connectivity index (χ1n) is 7.78. The number of aromatic nitrogens is 2. The first-order valence-corrected chi connectivity index (χ1v) is 9.19. The molecule has 0 radical (unpaired) electrons. The molecule has 0 bridgehead atoms. The van der Waals surface area contributed by atoms with E-state index in [1.165, 1.54) is 12.6 Å². The predicted octanol–water partition coefficient (Wildman–Crippen LogP) is 3.60. The maximum absolute atomic E-state index is 12.5. The van der Waals surface area contributed by atoms with Crippen molar-refractivity contribution in [2.24, 2.45) is 0 Å². The van der Waals surface area contributed by atoms with Gasteiger partial charge in [0.05, 0.1) is 0 Å². The van der Waals surface area contributed by atoms with Crippen LogP contribution in [0.2, 0.25) is 0 Å². The second kappa shape index (κ2) is 6.66. The van der Waals surface area contributed by atoms with Crippen molar-refractivity contribution in [3.05, 3.63) is 24.5 Å². The Morgan fingerprint density at radius 3 is 2.56 bits per heavy atom. The first kappa shape index (κ1) is 17.7. The molecule has 0 atom stereocenters. The fourth-order valence-corrected chi connectivity index (χ4v) is 3.22. The van der Waals surface area contributed by atoms with E-state index < -0.39 is 21.5 Å². The van der Waals surface area contributed by atoms with E-state index in [1.54, 1.807) is 12.3 Å². The van der Waals surface area contributed by atoms with Crippen LogP contribution in [0.3, 0.4) is 0 Å². The summed E-state index contributed by atoms with van der Waals surface area (Å²) in [4.78, 5) is 7.86. The molecule has 2 aromatic heterocycles. The minimum absolute atomic E-state index is 0.225. The topological polar surface area (TPSA) is 81.2 Å². The molecule has 1 fully saturated rings. The number of nitrogens with one attached hydrogen (secondary N) is 1. The third kappa shape index (κ3) is 3.94. The van der Waals surface area contributed by atoms with Gasteiger partial charge in [0.25, 0.3) is 0 Å². The lowest BCUT2D eigenvalue weighted by Gasteiger charge is -2.23. The monoisotopic (exact) mass is 375 g/mol. The van der Waals surface area contributed by atoms with Crippen molar-refractivity contribution in [1.29, 1.82) is 0 Å². The number of hydrogen-bond acceptors (Lipinski definition) is 6. The molecule has 0 aliphatic heterocycles. The van der Waals surface area contributed by atoms with E-state index in [4.69, 9.17) is 0 Å². The molecule has 0 aromatic carbocycles. The van der Waals surface area contributed by atoms with E-state index in [1.807, 2.05) is 0 Å². The van der Waals surface area contributed by atoms with Crippen LogP contribution in [0.25, 0.3) is 10.8 Å². The summed E-state index contributed by atoms with van der Waals surface area (Å²) in [5.41, 5.74) is -5.51. The third-order valence-corrected chi connectivity index (χ3v) is 5.00. The number of halogens is 3. The van der Waals surface area contributed by atoms with Gasteiger partial charge >= 0.3 is 15.6 Å². The van der Waals surface area contributed by atoms with Crippen LogP contribution >= 0.6 is 0 Å². The van der Waals surface area contributed by atoms with Gasteiger partial charge < -0.3 is 9.50 Å². The summed E-state index contributed by atoms with van der Waals surface area (Å²) < 4.78 is 63.7. The van der Waals surface area contributed by atoms with Gasteiger partial charge in [-0.3, -0.25) is 0 Å². The summed E-state index contributed by atoms with van der Waals surface area (Å²) in [5, 5.41) is 4.35. The van der Waals surface area contributed by atoms with Gasteiger partial charge in [-0.05, 0) is 18.9 Å². The van der Waals surface area contributed by atoms with E-state index in [9.17, 15) is 21.6 Å². The zero-order chi connectivity index (χ0) is 18.1. The maximum Gasteiger partial charge on any atom is 0.534 e. The zero-order valence-electron chi connectivity index (χ0n) is 13.1. The molecule has 136 valence electrons. The Balaban J connectivity index is 1.91. The molecule has 2 heterocycles. The number of nitrogens with zero attached hydrogens (tertiary/aromatic N) is 2. The number of fused-ring (bicyclic) bond motifs is 1. The van der Waals surface area contributed by atoms with E-state index >= 15 is 0 Å². The molecule has 0 spiro atoms. The van der Waals surface area contributed by atoms with Crippen molar-refractivity contribution in [2.75, 3.05) is 5.32 Å². The lowest BCUT2D eigenvalue weighted by atomic mass is 9.95. The molecule has 0 unspecified atom stereocenters. The Morgan fingerprint density at radius 1 is 1.16 bits per heavy atom. The molecule has 0 amide bonds. The summed E-state index contributed by atoms with van der Waals surface area (Å²) in [6.45, 7) is 0. The summed E-state index contributed by atoms with van der Waals surface area (Å²) >= 11 is 0. The first-order chi connectivity index (χ1) is 11.8. The molecule has 6 nitrogen and oxygen atoms in total. The van der Waals surface area contributed by atoms with Gasteiger partial charge in [-0.25, -0.2) is 9.97 Å². The summed E-state index contributed by atoms with van der Waals surface area (Å²) in [6.07, 6.45) is 8.15. The second-order valence-electron chi connectivity index (χ2n) is 5.87. The third-order valence-electron chi connectivity index (χ3n) is 4.05. The molecule has 1 aliphatic carbocycles. The van der Waals surface area contributed by atoms with Crippen LogP contribution in [0.1, 0.15) is 32.1 Å². The van der Waals surface area contributed by atoms with Gasteiger partial charge in [-0.1, -0.05) is 19.3 Å². The largest absolute Gasteiger partial charge is 0.534 e. The van der Waals surface area contributed by atoms with Gasteiger partial charge in [0.1, 0.15) is 5.82 Å². The SMILES string of the molecule is O=S(=O)(Oc1cc2c(NC3CCCCC3)nccc2cn1)C(F)(F)F. The average Bonchev–Trinajstić information content (AvgIpc) is 2.55. The number of hydrogen-bond donors (Lipinski definition) is 1. The Kier molecular flexibility index (Phi) is 4.72. The van der Waals surface area contributed by atoms with Crippen molar-refractivity contribution in [3.63, 3.8) is 0 Å². The highest BCUT2D eigenvalue weighted by Crippen LogP contribution is 2.30. The maximum atomic E-state index is 12.5. The number of alkyl halides is 3. The number of rotatable bonds is 4. The standard InChI is InChI=1S/C15H16F3N3O3S/c16-15(17,18)25(22,23)24-13-8-12-10(9-20-13)6-7-19-14(12)21-11-4-2-1-3-5-11/h6-9,11H,1-5H2,(H,19,21). The fourth-order valence-electron chi connectivity index (χ4n) is 2.81. The Hall–Kier alpha value is -2.10. The van der Waals surface area contributed by atoms with Crippen LogP contribution in [-0.4, -0.2) is 29.9 Å². The average molecular weight is 375 g/mol. The van der Waals surface area contributed by atoms with E-state index in [0.717, 1.165) is 31.7 Å². The molecule has 1 N–H and O–H groups in total. The minimum Gasteiger partial charge on any atom is -0.367 e. The molecule has 1 aliphatic rings. The van der Waals surface area contributed by atoms with Crippen molar-refractivity contribution in [1.82, 2.24) is 9.97 Å². The fraction of sp³-hybridized carbons (Fsp3) is 0.467. The van der Waals surface area contributed by atoms with E-state index in [2.05, 4.69) is 19.5 Å². The van der Waals surface area contributed by atoms with Crippen molar-refractivity contribution >= 4 is 26.7 Å². The molecule has 3 rings (SSSR count). The smallest absolute Gasteiger partial charge is 0.367 e. The lowest BCUT2D eigenvalue weighted by molar-refractivity contribution is -0.0501. The zero-order valence-corrected chi connectivity index (χ0v) is 13.9. The Morgan fingerprint density at radius 2 is 1.88 bits per heavy atom. The summed E-state index contributed by atoms with van der Waals surface area (Å²) in [7, 11) is -5.76. The molecular formula is C15H16F3N3O3S. The normalized spacial score (nSPS) is 16.8. The molecule has 0 saturated heterocycles. The van der Waals surface area contributed by atoms with Crippen LogP contribution < -0.4 is 9.50 Å². The second-order valence-corrected chi connectivity index (χ2v) is 7.40. The van der Waals surface area contributed by atoms with Crippen LogP contribution in [-0.2, 0) is 10.1 Å². The van der Waals surface area contributed by atoms with Crippen molar-refractivity contribution in [2.45, 2.75) is 43.7 Å². The highest BCUT2D eigenvalue weighted by molar-refractivity contribution is 7.87.